The smallest absolute Gasteiger partial charge is 0.233 e. The molecule has 0 heterocycles. The average Bonchev–Trinajstić information content (AvgIpc) is 2.19. The first-order valence-electron chi connectivity index (χ1n) is 5.96. The lowest BCUT2D eigenvalue weighted by molar-refractivity contribution is -0.120. The van der Waals surface area contributed by atoms with Crippen LogP contribution in [0.3, 0.4) is 0 Å². The first-order chi connectivity index (χ1) is 7.45. The number of amides is 1. The van der Waals surface area contributed by atoms with E-state index in [9.17, 15) is 4.79 Å². The Labute approximate surface area is 104 Å². The fraction of sp³-hybridized carbons (Fsp3) is 0.917. The molecule has 0 spiro atoms. The zero-order chi connectivity index (χ0) is 12.4. The summed E-state index contributed by atoms with van der Waals surface area (Å²) in [5.41, 5.74) is 0.00961. The Kier molecular flexibility index (Phi) is 8.76. The largest absolute Gasteiger partial charge is 0.355 e. The van der Waals surface area contributed by atoms with E-state index in [4.69, 9.17) is 0 Å². The van der Waals surface area contributed by atoms with Crippen molar-refractivity contribution >= 4 is 17.7 Å². The zero-order valence-electron chi connectivity index (χ0n) is 11.1. The molecular weight excluding hydrogens is 220 g/mol. The minimum absolute atomic E-state index is 0.00961. The highest BCUT2D eigenvalue weighted by molar-refractivity contribution is 7.98. The van der Waals surface area contributed by atoms with Gasteiger partial charge in [0.15, 0.2) is 0 Å². The van der Waals surface area contributed by atoms with Gasteiger partial charge in [-0.3, -0.25) is 4.79 Å². The molecule has 0 fully saturated rings. The first-order valence-corrected chi connectivity index (χ1v) is 7.36. The Balaban J connectivity index is 3.31. The van der Waals surface area contributed by atoms with Gasteiger partial charge in [0.2, 0.25) is 5.91 Å². The summed E-state index contributed by atoms with van der Waals surface area (Å²) in [7, 11) is 0. The topological polar surface area (TPSA) is 41.1 Å². The Hall–Kier alpha value is -0.220. The molecule has 2 N–H and O–H groups in total. The maximum atomic E-state index is 11.4. The van der Waals surface area contributed by atoms with Crippen molar-refractivity contribution in [3.05, 3.63) is 0 Å². The molecule has 0 saturated carbocycles. The lowest BCUT2D eigenvalue weighted by atomic mass is 10.1. The summed E-state index contributed by atoms with van der Waals surface area (Å²) < 4.78 is 0. The Morgan fingerprint density at radius 3 is 2.44 bits per heavy atom. The number of nitrogens with one attached hydrogen (secondary N) is 2. The van der Waals surface area contributed by atoms with E-state index < -0.39 is 0 Å². The number of hydrogen-bond acceptors (Lipinski definition) is 3. The number of unbranched alkanes of at least 4 members (excludes halogenated alkanes) is 2. The van der Waals surface area contributed by atoms with Crippen LogP contribution < -0.4 is 10.6 Å². The fourth-order valence-corrected chi connectivity index (χ4v) is 1.68. The van der Waals surface area contributed by atoms with E-state index in [2.05, 4.69) is 37.7 Å². The number of carbonyl (C=O) groups is 1. The van der Waals surface area contributed by atoms with Gasteiger partial charge >= 0.3 is 0 Å². The van der Waals surface area contributed by atoms with Crippen LogP contribution in [-0.2, 0) is 4.79 Å². The van der Waals surface area contributed by atoms with Gasteiger partial charge in [0, 0.05) is 12.1 Å². The highest BCUT2D eigenvalue weighted by atomic mass is 32.2. The molecule has 0 aliphatic heterocycles. The van der Waals surface area contributed by atoms with Crippen LogP contribution in [0.1, 0.15) is 40.0 Å². The molecule has 16 heavy (non-hydrogen) atoms. The van der Waals surface area contributed by atoms with Crippen LogP contribution in [0, 0.1) is 0 Å². The van der Waals surface area contributed by atoms with Gasteiger partial charge in [-0.25, -0.2) is 0 Å². The first kappa shape index (κ1) is 15.8. The molecule has 0 aromatic carbocycles. The maximum Gasteiger partial charge on any atom is 0.233 e. The van der Waals surface area contributed by atoms with Crippen LogP contribution in [-0.4, -0.2) is 36.5 Å². The third-order valence-corrected chi connectivity index (χ3v) is 2.82. The van der Waals surface area contributed by atoms with E-state index >= 15 is 0 Å². The van der Waals surface area contributed by atoms with E-state index in [-0.39, 0.29) is 11.4 Å². The molecular formula is C12H26N2OS. The third kappa shape index (κ3) is 11.9. The molecule has 4 heteroatoms. The zero-order valence-corrected chi connectivity index (χ0v) is 11.9. The molecule has 0 bridgehead atoms. The van der Waals surface area contributed by atoms with Crippen LogP contribution >= 0.6 is 11.8 Å². The van der Waals surface area contributed by atoms with Crippen LogP contribution in [0.2, 0.25) is 0 Å². The number of hydrogen-bond donors (Lipinski definition) is 2. The molecule has 3 nitrogen and oxygen atoms in total. The summed E-state index contributed by atoms with van der Waals surface area (Å²) in [6.45, 7) is 7.39. The molecule has 0 unspecified atom stereocenters. The van der Waals surface area contributed by atoms with Gasteiger partial charge in [0.05, 0.1) is 6.54 Å². The van der Waals surface area contributed by atoms with Gasteiger partial charge in [-0.1, -0.05) is 6.42 Å². The summed E-state index contributed by atoms with van der Waals surface area (Å²) in [6, 6.07) is 0. The van der Waals surface area contributed by atoms with Gasteiger partial charge in [-0.05, 0) is 45.6 Å². The van der Waals surface area contributed by atoms with Gasteiger partial charge < -0.3 is 10.6 Å². The van der Waals surface area contributed by atoms with E-state index in [1.807, 2.05) is 11.8 Å². The summed E-state index contributed by atoms with van der Waals surface area (Å²) in [5, 5.41) is 6.09. The SMILES string of the molecule is CSCCCCCNC(=O)CNC(C)(C)C. The van der Waals surface area contributed by atoms with Gasteiger partial charge in [-0.2, -0.15) is 11.8 Å². The minimum Gasteiger partial charge on any atom is -0.355 e. The predicted octanol–water partition coefficient (Wildman–Crippen LogP) is 2.02. The van der Waals surface area contributed by atoms with Crippen molar-refractivity contribution in [3.63, 3.8) is 0 Å². The van der Waals surface area contributed by atoms with Crippen LogP contribution in [0.25, 0.3) is 0 Å². The molecule has 0 aliphatic carbocycles. The molecule has 0 rings (SSSR count). The summed E-state index contributed by atoms with van der Waals surface area (Å²) in [6.07, 6.45) is 5.66. The molecule has 96 valence electrons. The Bertz CT molecular complexity index is 190. The quantitative estimate of drug-likeness (QED) is 0.644. The summed E-state index contributed by atoms with van der Waals surface area (Å²) in [4.78, 5) is 11.4. The molecule has 0 atom stereocenters. The van der Waals surface area contributed by atoms with Gasteiger partial charge in [0.1, 0.15) is 0 Å². The van der Waals surface area contributed by atoms with Gasteiger partial charge in [-0.15, -0.1) is 0 Å². The normalized spacial score (nSPS) is 11.5. The van der Waals surface area contributed by atoms with Crippen molar-refractivity contribution in [2.24, 2.45) is 0 Å². The fourth-order valence-electron chi connectivity index (χ4n) is 1.18. The molecule has 0 radical (unpaired) electrons. The second kappa shape index (κ2) is 8.88. The average molecular weight is 246 g/mol. The van der Waals surface area contributed by atoms with Crippen LogP contribution in [0.5, 0.6) is 0 Å². The van der Waals surface area contributed by atoms with Crippen molar-refractivity contribution in [1.29, 1.82) is 0 Å². The standard InChI is InChI=1S/C12H26N2OS/c1-12(2,3)14-10-11(15)13-8-6-5-7-9-16-4/h14H,5-10H2,1-4H3,(H,13,15). The van der Waals surface area contributed by atoms with Crippen LogP contribution in [0.4, 0.5) is 0 Å². The molecule has 1 amide bonds. The van der Waals surface area contributed by atoms with Crippen molar-refractivity contribution in [1.82, 2.24) is 10.6 Å². The molecule has 0 aromatic rings. The monoisotopic (exact) mass is 246 g/mol. The highest BCUT2D eigenvalue weighted by Gasteiger charge is 2.10. The van der Waals surface area contributed by atoms with E-state index in [0.29, 0.717) is 6.54 Å². The highest BCUT2D eigenvalue weighted by Crippen LogP contribution is 2.01. The van der Waals surface area contributed by atoms with Gasteiger partial charge in [0.25, 0.3) is 0 Å². The lowest BCUT2D eigenvalue weighted by Crippen LogP contribution is -2.43. The third-order valence-electron chi connectivity index (χ3n) is 2.13. The maximum absolute atomic E-state index is 11.4. The molecule has 0 aromatic heterocycles. The Morgan fingerprint density at radius 2 is 1.88 bits per heavy atom. The Morgan fingerprint density at radius 1 is 1.19 bits per heavy atom. The summed E-state index contributed by atoms with van der Waals surface area (Å²) >= 11 is 1.88. The van der Waals surface area contributed by atoms with E-state index in [0.717, 1.165) is 13.0 Å². The summed E-state index contributed by atoms with van der Waals surface area (Å²) in [5.74, 6) is 1.32. The lowest BCUT2D eigenvalue weighted by Gasteiger charge is -2.19. The van der Waals surface area contributed by atoms with Crippen molar-refractivity contribution in [3.8, 4) is 0 Å². The molecule has 0 saturated heterocycles. The van der Waals surface area contributed by atoms with Crippen molar-refractivity contribution in [2.75, 3.05) is 25.1 Å². The number of carbonyl (C=O) groups excluding carboxylic acids is 1. The minimum atomic E-state index is 0.00961. The predicted molar refractivity (Wildman–Crippen MR) is 73.0 cm³/mol. The second-order valence-corrected chi connectivity index (χ2v) is 5.99. The van der Waals surface area contributed by atoms with Crippen molar-refractivity contribution < 1.29 is 4.79 Å². The van der Waals surface area contributed by atoms with E-state index in [1.165, 1.54) is 18.6 Å². The number of thioether (sulfide) groups is 1. The van der Waals surface area contributed by atoms with E-state index in [1.54, 1.807) is 0 Å². The van der Waals surface area contributed by atoms with Crippen LogP contribution in [0.15, 0.2) is 0 Å². The molecule has 0 aliphatic rings. The number of rotatable bonds is 8. The van der Waals surface area contributed by atoms with Crippen molar-refractivity contribution in [2.45, 2.75) is 45.6 Å². The second-order valence-electron chi connectivity index (χ2n) is 5.01.